The van der Waals surface area contributed by atoms with E-state index in [1.165, 1.54) is 24.4 Å². The lowest BCUT2D eigenvalue weighted by atomic mass is 9.88. The van der Waals surface area contributed by atoms with Gasteiger partial charge in [0.25, 0.3) is 0 Å². The molecule has 3 unspecified atom stereocenters. The first-order valence-corrected chi connectivity index (χ1v) is 9.14. The van der Waals surface area contributed by atoms with Crippen LogP contribution in [0.25, 0.3) is 0 Å². The van der Waals surface area contributed by atoms with Crippen molar-refractivity contribution in [2.75, 3.05) is 5.32 Å². The molecule has 5 nitrogen and oxygen atoms in total. The van der Waals surface area contributed by atoms with E-state index in [4.69, 9.17) is 16.9 Å². The van der Waals surface area contributed by atoms with Crippen LogP contribution in [-0.2, 0) is 11.0 Å². The number of rotatable bonds is 3. The maximum atomic E-state index is 13.6. The molecule has 0 bridgehead atoms. The van der Waals surface area contributed by atoms with E-state index in [0.29, 0.717) is 6.07 Å². The number of halogens is 7. The molecule has 1 saturated heterocycles. The Morgan fingerprint density at radius 1 is 1.19 bits per heavy atom. The molecule has 1 aliphatic heterocycles. The summed E-state index contributed by atoms with van der Waals surface area (Å²) in [6, 6.07) is 2.89. The molecule has 2 aromatic rings. The molecule has 1 fully saturated rings. The molecule has 3 rings (SSSR count). The van der Waals surface area contributed by atoms with Crippen LogP contribution < -0.4 is 10.6 Å². The van der Waals surface area contributed by atoms with E-state index in [9.17, 15) is 31.1 Å². The minimum Gasteiger partial charge on any atom is -0.325 e. The minimum atomic E-state index is -4.92. The molecule has 0 spiro atoms. The van der Waals surface area contributed by atoms with Crippen molar-refractivity contribution in [3.63, 3.8) is 0 Å². The van der Waals surface area contributed by atoms with Gasteiger partial charge >= 0.3 is 12.4 Å². The highest BCUT2D eigenvalue weighted by molar-refractivity contribution is 6.29. The van der Waals surface area contributed by atoms with Crippen LogP contribution in [0.1, 0.15) is 29.0 Å². The lowest BCUT2D eigenvalue weighted by Gasteiger charge is -2.23. The summed E-state index contributed by atoms with van der Waals surface area (Å²) in [6.45, 7) is 0. The summed E-state index contributed by atoms with van der Waals surface area (Å²) in [5.74, 6) is -2.27. The van der Waals surface area contributed by atoms with Crippen LogP contribution >= 0.6 is 11.6 Å². The van der Waals surface area contributed by atoms with E-state index in [0.717, 1.165) is 12.1 Å². The summed E-state index contributed by atoms with van der Waals surface area (Å²) in [6.07, 6.45) is -8.86. The predicted molar refractivity (Wildman–Crippen MR) is 98.2 cm³/mol. The average Bonchev–Trinajstić information content (AvgIpc) is 3.13. The number of amides is 1. The Bertz CT molecular complexity index is 1030. The topological polar surface area (TPSA) is 77.8 Å². The third-order valence-electron chi connectivity index (χ3n) is 4.83. The summed E-state index contributed by atoms with van der Waals surface area (Å²) in [7, 11) is 0. The van der Waals surface area contributed by atoms with Crippen molar-refractivity contribution >= 4 is 23.2 Å². The second-order valence-corrected chi connectivity index (χ2v) is 7.24. The Kier molecular flexibility index (Phi) is 6.16. The molecule has 2 heterocycles. The van der Waals surface area contributed by atoms with Gasteiger partial charge in [0.15, 0.2) is 0 Å². The maximum Gasteiger partial charge on any atom is 0.417 e. The Hall–Kier alpha value is -2.84. The van der Waals surface area contributed by atoms with E-state index in [1.807, 2.05) is 0 Å². The summed E-state index contributed by atoms with van der Waals surface area (Å²) < 4.78 is 80.5. The summed E-state index contributed by atoms with van der Waals surface area (Å²) >= 11 is 5.71. The van der Waals surface area contributed by atoms with Gasteiger partial charge in [0.2, 0.25) is 5.91 Å². The second-order valence-electron chi connectivity index (χ2n) is 6.85. The van der Waals surface area contributed by atoms with Crippen LogP contribution in [0.15, 0.2) is 36.5 Å². The smallest absolute Gasteiger partial charge is 0.325 e. The number of hydrogen-bond acceptors (Lipinski definition) is 4. The van der Waals surface area contributed by atoms with Crippen molar-refractivity contribution < 1.29 is 31.1 Å². The van der Waals surface area contributed by atoms with Gasteiger partial charge in [-0.3, -0.25) is 10.1 Å². The molecule has 1 aromatic heterocycles. The zero-order chi connectivity index (χ0) is 23.0. The number of carbonyl (C=O) groups excluding carboxylic acids is 1. The Morgan fingerprint density at radius 2 is 1.90 bits per heavy atom. The van der Waals surface area contributed by atoms with Gasteiger partial charge in [-0.25, -0.2) is 4.98 Å². The van der Waals surface area contributed by atoms with Gasteiger partial charge in [-0.15, -0.1) is 0 Å². The van der Waals surface area contributed by atoms with Gasteiger partial charge in [-0.05, 0) is 36.2 Å². The Labute approximate surface area is 177 Å². The molecule has 1 amide bonds. The number of anilines is 1. The van der Waals surface area contributed by atoms with E-state index in [2.05, 4.69) is 15.6 Å². The van der Waals surface area contributed by atoms with Crippen LogP contribution in [0, 0.1) is 11.3 Å². The van der Waals surface area contributed by atoms with Crippen molar-refractivity contribution in [2.24, 2.45) is 0 Å². The average molecular weight is 463 g/mol. The highest BCUT2D eigenvalue weighted by Crippen LogP contribution is 2.42. The van der Waals surface area contributed by atoms with E-state index < -0.39 is 53.8 Å². The minimum absolute atomic E-state index is 0.0560. The van der Waals surface area contributed by atoms with Crippen molar-refractivity contribution in [1.29, 1.82) is 5.26 Å². The molecular weight excluding hydrogens is 450 g/mol. The predicted octanol–water partition coefficient (Wildman–Crippen LogP) is 4.64. The van der Waals surface area contributed by atoms with Crippen LogP contribution in [0.4, 0.5) is 32.0 Å². The first kappa shape index (κ1) is 22.8. The van der Waals surface area contributed by atoms with Crippen LogP contribution in [0.3, 0.4) is 0 Å². The number of nitriles is 1. The maximum absolute atomic E-state index is 13.6. The lowest BCUT2D eigenvalue weighted by Crippen LogP contribution is -2.46. The molecule has 31 heavy (non-hydrogen) atoms. The zero-order valence-electron chi connectivity index (χ0n) is 15.4. The summed E-state index contributed by atoms with van der Waals surface area (Å²) in [5.41, 5.74) is -2.10. The largest absolute Gasteiger partial charge is 0.417 e. The summed E-state index contributed by atoms with van der Waals surface area (Å²) in [5, 5.41) is 13.5. The van der Waals surface area contributed by atoms with Gasteiger partial charge < -0.3 is 5.32 Å². The first-order chi connectivity index (χ1) is 14.4. The number of carbonyl (C=O) groups is 1. The van der Waals surface area contributed by atoms with E-state index >= 15 is 0 Å². The van der Waals surface area contributed by atoms with Crippen LogP contribution in [0.5, 0.6) is 0 Å². The van der Waals surface area contributed by atoms with Gasteiger partial charge in [0.1, 0.15) is 11.2 Å². The van der Waals surface area contributed by atoms with Crippen molar-refractivity contribution in [2.45, 2.75) is 36.8 Å². The fourth-order valence-electron chi connectivity index (χ4n) is 3.46. The second kappa shape index (κ2) is 8.36. The van der Waals surface area contributed by atoms with Crippen LogP contribution in [-0.4, -0.2) is 29.2 Å². The molecule has 164 valence electrons. The molecular formula is C19H13ClF6N4O. The Morgan fingerprint density at radius 3 is 2.48 bits per heavy atom. The van der Waals surface area contributed by atoms with Crippen LogP contribution in [0.2, 0.25) is 5.15 Å². The molecule has 12 heteroatoms. The third-order valence-corrected chi connectivity index (χ3v) is 5.04. The summed E-state index contributed by atoms with van der Waals surface area (Å²) in [4.78, 5) is 16.2. The Balaban J connectivity index is 1.91. The van der Waals surface area contributed by atoms with Crippen molar-refractivity contribution in [1.82, 2.24) is 10.3 Å². The number of nitrogens with zero attached hydrogens (tertiary/aromatic N) is 2. The standard InChI is InChI=1S/C19H13ClF6N4O/c20-15-6-11(3-4-28-15)29-17(31)14-7-12(16(30-14)19(24,25)26)9-1-2-10(8-27)13(5-9)18(21,22)23/h1-6,12,14,16,30H,7H2,(H,28,29,31). The first-order valence-electron chi connectivity index (χ1n) is 8.76. The quantitative estimate of drug-likeness (QED) is 0.514. The van der Waals surface area contributed by atoms with Gasteiger partial charge in [0, 0.05) is 17.8 Å². The molecule has 2 N–H and O–H groups in total. The fourth-order valence-corrected chi connectivity index (χ4v) is 3.63. The van der Waals surface area contributed by atoms with Gasteiger partial charge in [-0.2, -0.15) is 31.6 Å². The number of hydrogen-bond donors (Lipinski definition) is 2. The van der Waals surface area contributed by atoms with Crippen molar-refractivity contribution in [3.05, 3.63) is 58.4 Å². The lowest BCUT2D eigenvalue weighted by molar-refractivity contribution is -0.156. The number of benzene rings is 1. The van der Waals surface area contributed by atoms with Gasteiger partial charge in [-0.1, -0.05) is 17.7 Å². The number of pyridine rings is 1. The highest BCUT2D eigenvalue weighted by atomic mass is 35.5. The van der Waals surface area contributed by atoms with E-state index in [1.54, 1.807) is 0 Å². The number of nitrogens with one attached hydrogen (secondary N) is 2. The van der Waals surface area contributed by atoms with Crippen molar-refractivity contribution in [3.8, 4) is 6.07 Å². The zero-order valence-corrected chi connectivity index (χ0v) is 16.1. The SMILES string of the molecule is N#Cc1ccc(C2CC(C(=O)Nc3ccnc(Cl)c3)NC2C(F)(F)F)cc1C(F)(F)F. The molecule has 0 radical (unpaired) electrons. The number of alkyl halides is 6. The highest BCUT2D eigenvalue weighted by Gasteiger charge is 2.52. The molecule has 3 atom stereocenters. The normalized spacial score (nSPS) is 21.5. The van der Waals surface area contributed by atoms with Gasteiger partial charge in [0.05, 0.1) is 23.2 Å². The molecule has 0 aliphatic carbocycles. The molecule has 1 aromatic carbocycles. The third kappa shape index (κ3) is 5.08. The fraction of sp³-hybridized carbons (Fsp3) is 0.316. The monoisotopic (exact) mass is 462 g/mol. The number of aromatic nitrogens is 1. The van der Waals surface area contributed by atoms with E-state index in [-0.39, 0.29) is 16.4 Å². The molecule has 0 saturated carbocycles. The molecule has 1 aliphatic rings.